The molecule has 1 fully saturated rings. The van der Waals surface area contributed by atoms with Gasteiger partial charge in [0.05, 0.1) is 4.47 Å². The molecule has 0 heterocycles. The molecule has 0 radical (unpaired) electrons. The highest BCUT2D eigenvalue weighted by Crippen LogP contribution is 2.33. The standard InChI is InChI=1S/C18H20BrNO2/c19-17-15-9-5-4-8-14(15)10-11-16(17)22-18(21)20-12-13-6-2-1-3-7-13/h4-5,8-11,13H,1-3,6-7,12H2,(H,20,21). The molecule has 0 spiro atoms. The maximum atomic E-state index is 12.0. The first-order valence-corrected chi connectivity index (χ1v) is 8.66. The first-order chi connectivity index (χ1) is 10.7. The van der Waals surface area contributed by atoms with E-state index in [4.69, 9.17) is 4.74 Å². The highest BCUT2D eigenvalue weighted by atomic mass is 79.9. The number of rotatable bonds is 3. The normalized spacial score (nSPS) is 15.7. The van der Waals surface area contributed by atoms with E-state index in [1.54, 1.807) is 0 Å². The number of carbonyl (C=O) groups excluding carboxylic acids is 1. The van der Waals surface area contributed by atoms with Crippen LogP contribution in [0.5, 0.6) is 5.75 Å². The number of ether oxygens (including phenoxy) is 1. The van der Waals surface area contributed by atoms with Crippen LogP contribution in [-0.4, -0.2) is 12.6 Å². The fourth-order valence-corrected chi connectivity index (χ4v) is 3.62. The summed E-state index contributed by atoms with van der Waals surface area (Å²) in [6, 6.07) is 11.8. The van der Waals surface area contributed by atoms with Crippen LogP contribution < -0.4 is 10.1 Å². The van der Waals surface area contributed by atoms with E-state index in [-0.39, 0.29) is 6.09 Å². The van der Waals surface area contributed by atoms with Gasteiger partial charge in [0, 0.05) is 6.54 Å². The molecule has 1 saturated carbocycles. The van der Waals surface area contributed by atoms with Crippen molar-refractivity contribution in [3.05, 3.63) is 40.9 Å². The molecule has 4 heteroatoms. The van der Waals surface area contributed by atoms with Crippen LogP contribution in [0.2, 0.25) is 0 Å². The van der Waals surface area contributed by atoms with Crippen molar-refractivity contribution in [2.45, 2.75) is 32.1 Å². The third kappa shape index (κ3) is 3.61. The molecule has 1 aliphatic carbocycles. The van der Waals surface area contributed by atoms with E-state index in [1.807, 2.05) is 36.4 Å². The van der Waals surface area contributed by atoms with Crippen LogP contribution in [0.25, 0.3) is 10.8 Å². The number of amides is 1. The van der Waals surface area contributed by atoms with Gasteiger partial charge in [-0.3, -0.25) is 0 Å². The number of fused-ring (bicyclic) bond motifs is 1. The van der Waals surface area contributed by atoms with Gasteiger partial charge in [-0.2, -0.15) is 0 Å². The highest BCUT2D eigenvalue weighted by Gasteiger charge is 2.15. The molecular formula is C18H20BrNO2. The van der Waals surface area contributed by atoms with E-state index < -0.39 is 0 Å². The fraction of sp³-hybridized carbons (Fsp3) is 0.389. The molecule has 0 unspecified atom stereocenters. The summed E-state index contributed by atoms with van der Waals surface area (Å²) < 4.78 is 6.27. The average molecular weight is 362 g/mol. The van der Waals surface area contributed by atoms with Crippen molar-refractivity contribution in [3.8, 4) is 5.75 Å². The molecule has 0 aliphatic heterocycles. The molecule has 3 nitrogen and oxygen atoms in total. The van der Waals surface area contributed by atoms with Crippen molar-refractivity contribution in [2.75, 3.05) is 6.54 Å². The minimum Gasteiger partial charge on any atom is -0.409 e. The smallest absolute Gasteiger partial charge is 0.409 e. The summed E-state index contributed by atoms with van der Waals surface area (Å²) >= 11 is 3.53. The fourth-order valence-electron chi connectivity index (χ4n) is 3.05. The Kier molecular flexibility index (Phi) is 4.98. The van der Waals surface area contributed by atoms with Gasteiger partial charge in [0.2, 0.25) is 0 Å². The summed E-state index contributed by atoms with van der Waals surface area (Å²) in [4.78, 5) is 12.0. The number of carbonyl (C=O) groups is 1. The van der Waals surface area contributed by atoms with Crippen molar-refractivity contribution >= 4 is 32.8 Å². The van der Waals surface area contributed by atoms with E-state index in [0.29, 0.717) is 18.2 Å². The lowest BCUT2D eigenvalue weighted by atomic mass is 9.89. The van der Waals surface area contributed by atoms with Crippen LogP contribution in [0.15, 0.2) is 40.9 Å². The van der Waals surface area contributed by atoms with Crippen LogP contribution in [-0.2, 0) is 0 Å². The molecule has 0 aromatic heterocycles. The van der Waals surface area contributed by atoms with Crippen LogP contribution in [0.3, 0.4) is 0 Å². The number of benzene rings is 2. The van der Waals surface area contributed by atoms with Crippen LogP contribution >= 0.6 is 15.9 Å². The van der Waals surface area contributed by atoms with Gasteiger partial charge in [-0.05, 0) is 51.5 Å². The molecule has 0 bridgehead atoms. The number of hydrogen-bond donors (Lipinski definition) is 1. The third-order valence-corrected chi connectivity index (χ3v) is 5.11. The van der Waals surface area contributed by atoms with Crippen molar-refractivity contribution < 1.29 is 9.53 Å². The molecule has 2 aromatic carbocycles. The Morgan fingerprint density at radius 1 is 1.14 bits per heavy atom. The minimum atomic E-state index is -0.374. The Morgan fingerprint density at radius 2 is 1.91 bits per heavy atom. The molecule has 0 atom stereocenters. The molecule has 3 rings (SSSR count). The molecule has 1 N–H and O–H groups in total. The zero-order chi connectivity index (χ0) is 15.4. The Morgan fingerprint density at radius 3 is 2.73 bits per heavy atom. The topological polar surface area (TPSA) is 38.3 Å². The summed E-state index contributed by atoms with van der Waals surface area (Å²) in [6.45, 7) is 0.712. The molecule has 0 saturated heterocycles. The van der Waals surface area contributed by atoms with E-state index >= 15 is 0 Å². The maximum Gasteiger partial charge on any atom is 0.412 e. The van der Waals surface area contributed by atoms with E-state index in [9.17, 15) is 4.79 Å². The first kappa shape index (κ1) is 15.3. The lowest BCUT2D eigenvalue weighted by Gasteiger charge is -2.21. The third-order valence-electron chi connectivity index (χ3n) is 4.29. The van der Waals surface area contributed by atoms with Gasteiger partial charge in [-0.15, -0.1) is 0 Å². The van der Waals surface area contributed by atoms with Gasteiger partial charge in [0.15, 0.2) is 0 Å². The lowest BCUT2D eigenvalue weighted by molar-refractivity contribution is 0.196. The molecule has 1 amide bonds. The van der Waals surface area contributed by atoms with Crippen molar-refractivity contribution in [3.63, 3.8) is 0 Å². The van der Waals surface area contributed by atoms with Crippen LogP contribution in [0.1, 0.15) is 32.1 Å². The van der Waals surface area contributed by atoms with E-state index in [2.05, 4.69) is 21.2 Å². The Hall–Kier alpha value is -1.55. The second-order valence-corrected chi connectivity index (χ2v) is 6.67. The van der Waals surface area contributed by atoms with Crippen molar-refractivity contribution in [2.24, 2.45) is 5.92 Å². The van der Waals surface area contributed by atoms with Gasteiger partial charge < -0.3 is 10.1 Å². The summed E-state index contributed by atoms with van der Waals surface area (Å²) in [5, 5.41) is 5.05. The summed E-state index contributed by atoms with van der Waals surface area (Å²) in [6.07, 6.45) is 5.92. The molecule has 22 heavy (non-hydrogen) atoms. The van der Waals surface area contributed by atoms with Crippen LogP contribution in [0, 0.1) is 5.92 Å². The van der Waals surface area contributed by atoms with Crippen molar-refractivity contribution in [1.82, 2.24) is 5.32 Å². The largest absolute Gasteiger partial charge is 0.412 e. The molecular weight excluding hydrogens is 342 g/mol. The van der Waals surface area contributed by atoms with Gasteiger partial charge in [0.25, 0.3) is 0 Å². The van der Waals surface area contributed by atoms with Gasteiger partial charge in [-0.1, -0.05) is 49.6 Å². The first-order valence-electron chi connectivity index (χ1n) is 7.87. The SMILES string of the molecule is O=C(NCC1CCCCC1)Oc1ccc2ccccc2c1Br. The lowest BCUT2D eigenvalue weighted by Crippen LogP contribution is -2.32. The minimum absolute atomic E-state index is 0.374. The van der Waals surface area contributed by atoms with Crippen molar-refractivity contribution in [1.29, 1.82) is 0 Å². The number of hydrogen-bond acceptors (Lipinski definition) is 2. The number of nitrogens with one attached hydrogen (secondary N) is 1. The van der Waals surface area contributed by atoms with Gasteiger partial charge in [-0.25, -0.2) is 4.79 Å². The summed E-state index contributed by atoms with van der Waals surface area (Å²) in [7, 11) is 0. The number of halogens is 1. The predicted molar refractivity (Wildman–Crippen MR) is 92.2 cm³/mol. The molecule has 1 aliphatic rings. The zero-order valence-corrected chi connectivity index (χ0v) is 14.1. The quantitative estimate of drug-likeness (QED) is 0.808. The maximum absolute atomic E-state index is 12.0. The highest BCUT2D eigenvalue weighted by molar-refractivity contribution is 9.10. The molecule has 2 aromatic rings. The second kappa shape index (κ2) is 7.14. The molecule has 116 valence electrons. The summed E-state index contributed by atoms with van der Waals surface area (Å²) in [5.74, 6) is 1.15. The van der Waals surface area contributed by atoms with Gasteiger partial charge in [0.1, 0.15) is 5.75 Å². The van der Waals surface area contributed by atoms with Crippen LogP contribution in [0.4, 0.5) is 4.79 Å². The van der Waals surface area contributed by atoms with E-state index in [1.165, 1.54) is 32.1 Å². The monoisotopic (exact) mass is 361 g/mol. The Balaban J connectivity index is 1.62. The Labute approximate surface area is 139 Å². The second-order valence-electron chi connectivity index (χ2n) is 5.87. The average Bonchev–Trinajstić information content (AvgIpc) is 2.57. The van der Waals surface area contributed by atoms with E-state index in [0.717, 1.165) is 15.2 Å². The predicted octanol–water partition coefficient (Wildman–Crippen LogP) is 5.27. The van der Waals surface area contributed by atoms with Gasteiger partial charge >= 0.3 is 6.09 Å². The summed E-state index contributed by atoms with van der Waals surface area (Å²) in [5.41, 5.74) is 0. The zero-order valence-electron chi connectivity index (χ0n) is 12.5. The Bertz CT molecular complexity index is 665.